The first-order valence-corrected chi connectivity index (χ1v) is 6.47. The minimum absolute atomic E-state index is 0.0848. The Morgan fingerprint density at radius 3 is 2.47 bits per heavy atom. The third-order valence-corrected chi connectivity index (χ3v) is 3.75. The lowest BCUT2D eigenvalue weighted by molar-refractivity contribution is 0.0384. The molecule has 1 aromatic carbocycles. The number of hydrogen-bond acceptors (Lipinski definition) is 1. The van der Waals surface area contributed by atoms with Crippen molar-refractivity contribution in [3.8, 4) is 5.75 Å². The first kappa shape index (κ1) is 12.2. The normalized spacial score (nSPS) is 20.9. The summed E-state index contributed by atoms with van der Waals surface area (Å²) in [5, 5.41) is 0. The molecule has 0 spiro atoms. The van der Waals surface area contributed by atoms with E-state index in [2.05, 4.69) is 26.8 Å². The molecule has 1 aliphatic carbocycles. The highest BCUT2D eigenvalue weighted by atomic mass is 16.5. The Kier molecular flexibility index (Phi) is 3.56. The zero-order valence-corrected chi connectivity index (χ0v) is 11.1. The van der Waals surface area contributed by atoms with Crippen LogP contribution < -0.4 is 4.74 Å². The van der Waals surface area contributed by atoms with Crippen LogP contribution in [0.2, 0.25) is 0 Å². The summed E-state index contributed by atoms with van der Waals surface area (Å²) in [6.45, 7) is 6.64. The molecule has 1 aromatic rings. The van der Waals surface area contributed by atoms with Gasteiger partial charge < -0.3 is 4.74 Å². The van der Waals surface area contributed by atoms with Crippen molar-refractivity contribution in [2.75, 3.05) is 0 Å². The third kappa shape index (κ3) is 3.12. The van der Waals surface area contributed by atoms with Gasteiger partial charge in [0.05, 0.1) is 0 Å². The molecule has 0 saturated heterocycles. The number of allylic oxidation sites excluding steroid dienone is 2. The van der Waals surface area contributed by atoms with Gasteiger partial charge in [-0.1, -0.05) is 29.8 Å². The largest absolute Gasteiger partial charge is 0.488 e. The average molecular weight is 230 g/mol. The monoisotopic (exact) mass is 230 g/mol. The highest BCUT2D eigenvalue weighted by Crippen LogP contribution is 2.34. The van der Waals surface area contributed by atoms with E-state index in [0.29, 0.717) is 5.92 Å². The van der Waals surface area contributed by atoms with Gasteiger partial charge in [0.2, 0.25) is 0 Å². The minimum Gasteiger partial charge on any atom is -0.488 e. The lowest BCUT2D eigenvalue weighted by Crippen LogP contribution is -2.38. The van der Waals surface area contributed by atoms with Crippen molar-refractivity contribution in [1.29, 1.82) is 0 Å². The van der Waals surface area contributed by atoms with Gasteiger partial charge >= 0.3 is 0 Å². The lowest BCUT2D eigenvalue weighted by atomic mass is 9.79. The van der Waals surface area contributed by atoms with Crippen LogP contribution in [0.3, 0.4) is 0 Å². The molecule has 0 aliphatic heterocycles. The van der Waals surface area contributed by atoms with Crippen LogP contribution >= 0.6 is 0 Å². The number of ether oxygens (including phenoxy) is 1. The molecule has 1 nitrogen and oxygen atoms in total. The second-order valence-electron chi connectivity index (χ2n) is 5.54. The van der Waals surface area contributed by atoms with Crippen LogP contribution in [0.5, 0.6) is 5.75 Å². The van der Waals surface area contributed by atoms with Gasteiger partial charge in [-0.05, 0) is 52.2 Å². The summed E-state index contributed by atoms with van der Waals surface area (Å²) >= 11 is 0. The summed E-state index contributed by atoms with van der Waals surface area (Å²) in [6.07, 6.45) is 5.96. The highest BCUT2D eigenvalue weighted by Gasteiger charge is 2.31. The molecule has 0 saturated carbocycles. The van der Waals surface area contributed by atoms with Gasteiger partial charge in [0.1, 0.15) is 11.4 Å². The van der Waals surface area contributed by atoms with Crippen molar-refractivity contribution in [2.45, 2.75) is 45.6 Å². The van der Waals surface area contributed by atoms with Crippen LogP contribution in [0.4, 0.5) is 0 Å². The van der Waals surface area contributed by atoms with Crippen LogP contribution in [0, 0.1) is 5.92 Å². The first-order chi connectivity index (χ1) is 8.08. The van der Waals surface area contributed by atoms with E-state index >= 15 is 0 Å². The fraction of sp³-hybridized carbons (Fsp3) is 0.500. The fourth-order valence-corrected chi connectivity index (χ4v) is 2.47. The quantitative estimate of drug-likeness (QED) is 0.690. The predicted molar refractivity (Wildman–Crippen MR) is 72.2 cm³/mol. The molecule has 0 N–H and O–H groups in total. The van der Waals surface area contributed by atoms with E-state index in [1.807, 2.05) is 30.3 Å². The van der Waals surface area contributed by atoms with Crippen LogP contribution in [0.25, 0.3) is 0 Å². The van der Waals surface area contributed by atoms with E-state index in [0.717, 1.165) is 12.2 Å². The average Bonchev–Trinajstić information content (AvgIpc) is 2.30. The first-order valence-electron chi connectivity index (χ1n) is 6.47. The van der Waals surface area contributed by atoms with Crippen molar-refractivity contribution in [3.63, 3.8) is 0 Å². The van der Waals surface area contributed by atoms with Crippen LogP contribution in [-0.4, -0.2) is 5.60 Å². The zero-order chi connectivity index (χ0) is 12.3. The second-order valence-corrected chi connectivity index (χ2v) is 5.54. The van der Waals surface area contributed by atoms with E-state index in [1.165, 1.54) is 18.4 Å². The smallest absolute Gasteiger partial charge is 0.120 e. The van der Waals surface area contributed by atoms with Gasteiger partial charge in [0.15, 0.2) is 0 Å². The molecular weight excluding hydrogens is 208 g/mol. The molecule has 1 aliphatic rings. The molecule has 0 aromatic heterocycles. The van der Waals surface area contributed by atoms with Gasteiger partial charge in [-0.15, -0.1) is 0 Å². The fourth-order valence-electron chi connectivity index (χ4n) is 2.47. The van der Waals surface area contributed by atoms with Crippen molar-refractivity contribution >= 4 is 0 Å². The number of rotatable bonds is 3. The van der Waals surface area contributed by atoms with Crippen molar-refractivity contribution < 1.29 is 4.74 Å². The summed E-state index contributed by atoms with van der Waals surface area (Å²) in [6, 6.07) is 10.1. The van der Waals surface area contributed by atoms with Gasteiger partial charge in [-0.2, -0.15) is 0 Å². The third-order valence-electron chi connectivity index (χ3n) is 3.75. The maximum absolute atomic E-state index is 6.15. The lowest BCUT2D eigenvalue weighted by Gasteiger charge is -2.36. The Morgan fingerprint density at radius 2 is 1.88 bits per heavy atom. The van der Waals surface area contributed by atoms with Gasteiger partial charge in [0.25, 0.3) is 0 Å². The van der Waals surface area contributed by atoms with E-state index in [4.69, 9.17) is 4.74 Å². The van der Waals surface area contributed by atoms with Gasteiger partial charge in [0, 0.05) is 5.92 Å². The standard InChI is InChI=1S/C16H22O/c1-13-9-11-14(12-10-13)16(2,3)17-15-7-5-4-6-8-15/h4-9,14H,10-12H2,1-3H3. The molecule has 1 unspecified atom stereocenters. The minimum atomic E-state index is -0.0848. The Morgan fingerprint density at radius 1 is 1.18 bits per heavy atom. The van der Waals surface area contributed by atoms with Crippen LogP contribution in [0.1, 0.15) is 40.0 Å². The molecule has 0 bridgehead atoms. The number of para-hydroxylation sites is 1. The number of benzene rings is 1. The van der Waals surface area contributed by atoms with E-state index in [-0.39, 0.29) is 5.60 Å². The molecule has 1 atom stereocenters. The van der Waals surface area contributed by atoms with E-state index in [9.17, 15) is 0 Å². The summed E-state index contributed by atoms with van der Waals surface area (Å²) in [5.74, 6) is 1.59. The Balaban J connectivity index is 2.04. The van der Waals surface area contributed by atoms with Crippen molar-refractivity contribution in [2.24, 2.45) is 5.92 Å². The SMILES string of the molecule is CC1=CCC(C(C)(C)Oc2ccccc2)CC1. The Labute approximate surface area is 104 Å². The van der Waals surface area contributed by atoms with Gasteiger partial charge in [-0.3, -0.25) is 0 Å². The zero-order valence-electron chi connectivity index (χ0n) is 11.1. The maximum Gasteiger partial charge on any atom is 0.120 e. The summed E-state index contributed by atoms with van der Waals surface area (Å²) < 4.78 is 6.15. The Bertz CT molecular complexity index is 389. The van der Waals surface area contributed by atoms with E-state index in [1.54, 1.807) is 0 Å². The molecule has 17 heavy (non-hydrogen) atoms. The molecule has 0 radical (unpaired) electrons. The van der Waals surface area contributed by atoms with E-state index < -0.39 is 0 Å². The van der Waals surface area contributed by atoms with Crippen LogP contribution in [-0.2, 0) is 0 Å². The number of hydrogen-bond donors (Lipinski definition) is 0. The molecular formula is C16H22O. The molecule has 0 fully saturated rings. The molecule has 1 heteroatoms. The highest BCUT2D eigenvalue weighted by molar-refractivity contribution is 5.22. The predicted octanol–water partition coefficient (Wildman–Crippen LogP) is 4.59. The van der Waals surface area contributed by atoms with Crippen molar-refractivity contribution in [3.05, 3.63) is 42.0 Å². The molecule has 0 amide bonds. The van der Waals surface area contributed by atoms with Crippen LogP contribution in [0.15, 0.2) is 42.0 Å². The van der Waals surface area contributed by atoms with Gasteiger partial charge in [-0.25, -0.2) is 0 Å². The molecule has 0 heterocycles. The molecule has 92 valence electrons. The summed E-state index contributed by atoms with van der Waals surface area (Å²) in [7, 11) is 0. The summed E-state index contributed by atoms with van der Waals surface area (Å²) in [5.41, 5.74) is 1.44. The topological polar surface area (TPSA) is 9.23 Å². The summed E-state index contributed by atoms with van der Waals surface area (Å²) in [4.78, 5) is 0. The second kappa shape index (κ2) is 4.95. The van der Waals surface area contributed by atoms with Crippen molar-refractivity contribution in [1.82, 2.24) is 0 Å². The molecule has 2 rings (SSSR count). The maximum atomic E-state index is 6.15. The Hall–Kier alpha value is -1.24.